The van der Waals surface area contributed by atoms with Crippen LogP contribution in [0.25, 0.3) is 11.1 Å². The van der Waals surface area contributed by atoms with Crippen molar-refractivity contribution in [2.45, 2.75) is 37.9 Å². The lowest BCUT2D eigenvalue weighted by Crippen LogP contribution is -2.26. The van der Waals surface area contributed by atoms with Crippen molar-refractivity contribution >= 4 is 21.2 Å². The molecule has 1 spiro atoms. The van der Waals surface area contributed by atoms with Crippen LogP contribution in [-0.2, 0) is 15.8 Å². The van der Waals surface area contributed by atoms with E-state index in [0.717, 1.165) is 18.4 Å². The molecule has 0 unspecified atom stereocenters. The largest absolute Gasteiger partial charge is 0.228 e. The minimum absolute atomic E-state index is 0.109. The summed E-state index contributed by atoms with van der Waals surface area (Å²) in [4.78, 5) is 0. The van der Waals surface area contributed by atoms with Crippen LogP contribution in [0.1, 0.15) is 48.8 Å². The fraction of sp³-hybridized carbons (Fsp3) is 0.333. The lowest BCUT2D eigenvalue weighted by Gasteiger charge is -2.39. The Hall–Kier alpha value is -1.91. The van der Waals surface area contributed by atoms with E-state index in [4.69, 9.17) is 5.14 Å². The maximum Gasteiger partial charge on any atom is 0.213 e. The Morgan fingerprint density at radius 1 is 0.840 bits per heavy atom. The van der Waals surface area contributed by atoms with E-state index in [0.29, 0.717) is 5.41 Å². The van der Waals surface area contributed by atoms with Gasteiger partial charge < -0.3 is 0 Å². The molecule has 2 aliphatic rings. The molecule has 2 N–H and O–H groups in total. The first-order valence-electron chi connectivity index (χ1n) is 8.81. The third-order valence-electron chi connectivity index (χ3n) is 5.67. The maximum absolute atomic E-state index is 11.3. The first-order valence-corrected chi connectivity index (χ1v) is 10.5. The molecule has 4 rings (SSSR count). The standard InChI is InChI=1S/C21H23NO2S/c22-25(23,24)15-16-7-9-18(10-8-16)20-14-21(11-4-12-21)13-19(20)17-5-2-1-3-6-17/h1-3,5-10H,4,11-15H2,(H2,22,23,24). The van der Waals surface area contributed by atoms with Crippen molar-refractivity contribution in [3.63, 3.8) is 0 Å². The Morgan fingerprint density at radius 3 is 1.88 bits per heavy atom. The minimum Gasteiger partial charge on any atom is -0.228 e. The molecule has 2 aromatic rings. The molecule has 25 heavy (non-hydrogen) atoms. The molecule has 0 bridgehead atoms. The number of allylic oxidation sites excluding steroid dienone is 2. The van der Waals surface area contributed by atoms with Crippen LogP contribution >= 0.6 is 0 Å². The lowest BCUT2D eigenvalue weighted by molar-refractivity contribution is 0.157. The van der Waals surface area contributed by atoms with Crippen molar-refractivity contribution in [2.75, 3.05) is 0 Å². The van der Waals surface area contributed by atoms with Gasteiger partial charge in [-0.15, -0.1) is 0 Å². The highest BCUT2D eigenvalue weighted by Gasteiger charge is 2.43. The summed E-state index contributed by atoms with van der Waals surface area (Å²) in [5.74, 6) is -0.109. The lowest BCUT2D eigenvalue weighted by atomic mass is 9.66. The summed E-state index contributed by atoms with van der Waals surface area (Å²) in [5.41, 5.74) is 6.60. The van der Waals surface area contributed by atoms with Gasteiger partial charge in [0.05, 0.1) is 5.75 Å². The van der Waals surface area contributed by atoms with E-state index in [2.05, 4.69) is 42.5 Å². The Morgan fingerprint density at radius 2 is 1.40 bits per heavy atom. The zero-order valence-electron chi connectivity index (χ0n) is 14.2. The molecular weight excluding hydrogens is 330 g/mol. The first-order chi connectivity index (χ1) is 11.9. The number of hydrogen-bond acceptors (Lipinski definition) is 2. The average Bonchev–Trinajstić information content (AvgIpc) is 2.96. The van der Waals surface area contributed by atoms with E-state index >= 15 is 0 Å². The Bertz CT molecular complexity index is 908. The van der Waals surface area contributed by atoms with Crippen LogP contribution in [0.5, 0.6) is 0 Å². The highest BCUT2D eigenvalue weighted by atomic mass is 32.2. The third-order valence-corrected chi connectivity index (χ3v) is 6.41. The fourth-order valence-electron chi connectivity index (χ4n) is 4.28. The monoisotopic (exact) mass is 353 g/mol. The van der Waals surface area contributed by atoms with Crippen LogP contribution in [0.3, 0.4) is 0 Å². The van der Waals surface area contributed by atoms with Gasteiger partial charge in [0.15, 0.2) is 0 Å². The fourth-order valence-corrected chi connectivity index (χ4v) is 4.94. The van der Waals surface area contributed by atoms with Gasteiger partial charge in [-0.1, -0.05) is 61.0 Å². The van der Waals surface area contributed by atoms with E-state index < -0.39 is 10.0 Å². The molecule has 3 nitrogen and oxygen atoms in total. The van der Waals surface area contributed by atoms with Crippen LogP contribution < -0.4 is 5.14 Å². The third kappa shape index (κ3) is 3.42. The van der Waals surface area contributed by atoms with Crippen LogP contribution in [-0.4, -0.2) is 8.42 Å². The van der Waals surface area contributed by atoms with Gasteiger partial charge in [-0.25, -0.2) is 13.6 Å². The predicted molar refractivity (Wildman–Crippen MR) is 102 cm³/mol. The predicted octanol–water partition coefficient (Wildman–Crippen LogP) is 4.35. The average molecular weight is 353 g/mol. The topological polar surface area (TPSA) is 60.2 Å². The molecule has 0 radical (unpaired) electrons. The molecule has 1 saturated carbocycles. The summed E-state index contributed by atoms with van der Waals surface area (Å²) in [6.07, 6.45) is 6.26. The van der Waals surface area contributed by atoms with E-state index in [9.17, 15) is 8.42 Å². The molecule has 0 heterocycles. The first kappa shape index (κ1) is 16.6. The summed E-state index contributed by atoms with van der Waals surface area (Å²) < 4.78 is 22.6. The molecule has 2 aliphatic carbocycles. The summed E-state index contributed by atoms with van der Waals surface area (Å²) in [6.45, 7) is 0. The van der Waals surface area contributed by atoms with Crippen molar-refractivity contribution in [1.82, 2.24) is 0 Å². The van der Waals surface area contributed by atoms with Crippen LogP contribution in [0.4, 0.5) is 0 Å². The quantitative estimate of drug-likeness (QED) is 0.888. The van der Waals surface area contributed by atoms with Gasteiger partial charge in [0.25, 0.3) is 0 Å². The minimum atomic E-state index is -3.49. The number of hydrogen-bond donors (Lipinski definition) is 1. The Kier molecular flexibility index (Phi) is 4.05. The van der Waals surface area contributed by atoms with Crippen LogP contribution in [0.2, 0.25) is 0 Å². The summed E-state index contributed by atoms with van der Waals surface area (Å²) >= 11 is 0. The van der Waals surface area contributed by atoms with Crippen molar-refractivity contribution in [2.24, 2.45) is 10.6 Å². The zero-order chi connectivity index (χ0) is 17.5. The molecule has 4 heteroatoms. The molecule has 0 aliphatic heterocycles. The molecule has 0 atom stereocenters. The van der Waals surface area contributed by atoms with Crippen molar-refractivity contribution in [1.29, 1.82) is 0 Å². The molecule has 1 fully saturated rings. The normalized spacial score (nSPS) is 19.2. The smallest absolute Gasteiger partial charge is 0.213 e. The number of benzene rings is 2. The van der Waals surface area contributed by atoms with Gasteiger partial charge in [0.1, 0.15) is 0 Å². The highest BCUT2D eigenvalue weighted by Crippen LogP contribution is 2.59. The molecule has 0 amide bonds. The Balaban J connectivity index is 1.70. The Labute approximate surface area is 149 Å². The maximum atomic E-state index is 11.3. The van der Waals surface area contributed by atoms with Gasteiger partial charge in [0.2, 0.25) is 10.0 Å². The van der Waals surface area contributed by atoms with Crippen molar-refractivity contribution in [3.8, 4) is 0 Å². The van der Waals surface area contributed by atoms with E-state index in [1.54, 1.807) is 0 Å². The van der Waals surface area contributed by atoms with Crippen molar-refractivity contribution < 1.29 is 8.42 Å². The second-order valence-corrected chi connectivity index (χ2v) is 9.15. The van der Waals surface area contributed by atoms with Gasteiger partial charge in [-0.2, -0.15) is 0 Å². The molecule has 0 saturated heterocycles. The highest BCUT2D eigenvalue weighted by molar-refractivity contribution is 7.88. The molecular formula is C21H23NO2S. The number of nitrogens with two attached hydrogens (primary N) is 1. The molecule has 0 aromatic heterocycles. The second-order valence-electron chi connectivity index (χ2n) is 7.53. The van der Waals surface area contributed by atoms with Gasteiger partial charge in [-0.3, -0.25) is 0 Å². The molecule has 2 aromatic carbocycles. The van der Waals surface area contributed by atoms with Crippen LogP contribution in [0.15, 0.2) is 54.6 Å². The number of sulfonamides is 1. The van der Waals surface area contributed by atoms with E-state index in [1.165, 1.54) is 41.5 Å². The van der Waals surface area contributed by atoms with E-state index in [1.807, 2.05) is 12.1 Å². The zero-order valence-corrected chi connectivity index (χ0v) is 15.1. The summed E-state index contributed by atoms with van der Waals surface area (Å²) in [6, 6.07) is 18.5. The SMILES string of the molecule is NS(=O)(=O)Cc1ccc(C2=C(c3ccccc3)CC3(CCC3)C2)cc1. The molecule has 130 valence electrons. The van der Waals surface area contributed by atoms with Crippen molar-refractivity contribution in [3.05, 3.63) is 71.3 Å². The number of rotatable bonds is 4. The second kappa shape index (κ2) is 6.11. The van der Waals surface area contributed by atoms with Gasteiger partial charge in [0, 0.05) is 0 Å². The summed E-state index contributed by atoms with van der Waals surface area (Å²) in [5, 5.41) is 5.15. The van der Waals surface area contributed by atoms with Gasteiger partial charge in [-0.05, 0) is 58.9 Å². The number of primary sulfonamides is 1. The van der Waals surface area contributed by atoms with Gasteiger partial charge >= 0.3 is 0 Å². The van der Waals surface area contributed by atoms with Crippen LogP contribution in [0, 0.1) is 5.41 Å². The summed E-state index contributed by atoms with van der Waals surface area (Å²) in [7, 11) is -3.49. The van der Waals surface area contributed by atoms with E-state index in [-0.39, 0.29) is 5.75 Å².